The van der Waals surface area contributed by atoms with Gasteiger partial charge in [0.15, 0.2) is 0 Å². The van der Waals surface area contributed by atoms with E-state index in [1.807, 2.05) is 18.0 Å². The Morgan fingerprint density at radius 1 is 1.42 bits per heavy atom. The third-order valence-electron chi connectivity index (χ3n) is 4.12. The van der Waals surface area contributed by atoms with Crippen molar-refractivity contribution in [2.24, 2.45) is 11.8 Å². The summed E-state index contributed by atoms with van der Waals surface area (Å²) in [5, 5.41) is 2.97. The molecule has 4 nitrogen and oxygen atoms in total. The molecule has 0 saturated carbocycles. The molecule has 1 fully saturated rings. The van der Waals surface area contributed by atoms with Gasteiger partial charge in [-0.3, -0.25) is 4.79 Å². The monoisotopic (exact) mass is 261 g/mol. The van der Waals surface area contributed by atoms with Crippen molar-refractivity contribution in [3.63, 3.8) is 0 Å². The number of pyridine rings is 1. The highest BCUT2D eigenvalue weighted by atomic mass is 16.2. The van der Waals surface area contributed by atoms with Gasteiger partial charge in [-0.1, -0.05) is 13.8 Å². The third kappa shape index (κ3) is 2.88. The predicted molar refractivity (Wildman–Crippen MR) is 77.2 cm³/mol. The number of carbonyl (C=O) groups excluding carboxylic acids is 1. The number of carbonyl (C=O) groups is 1. The van der Waals surface area contributed by atoms with E-state index in [-0.39, 0.29) is 5.91 Å². The molecule has 1 amide bonds. The van der Waals surface area contributed by atoms with Gasteiger partial charge in [-0.25, -0.2) is 4.98 Å². The SMILES string of the molecule is CNc1cc(C(=O)N2CC(C)CC(C)C2C)ccn1. The van der Waals surface area contributed by atoms with Crippen molar-refractivity contribution in [1.29, 1.82) is 0 Å². The summed E-state index contributed by atoms with van der Waals surface area (Å²) in [6.45, 7) is 7.44. The van der Waals surface area contributed by atoms with Gasteiger partial charge in [0.2, 0.25) is 0 Å². The van der Waals surface area contributed by atoms with Crippen LogP contribution in [0.25, 0.3) is 0 Å². The molecule has 19 heavy (non-hydrogen) atoms. The summed E-state index contributed by atoms with van der Waals surface area (Å²) in [6.07, 6.45) is 2.88. The quantitative estimate of drug-likeness (QED) is 0.890. The fourth-order valence-electron chi connectivity index (χ4n) is 2.85. The number of amides is 1. The standard InChI is InChI=1S/C15H23N3O/c1-10-7-11(2)12(3)18(9-10)15(19)13-5-6-17-14(8-13)16-4/h5-6,8,10-12H,7,9H2,1-4H3,(H,16,17). The lowest BCUT2D eigenvalue weighted by molar-refractivity contribution is 0.0455. The van der Waals surface area contributed by atoms with E-state index in [1.165, 1.54) is 6.42 Å². The van der Waals surface area contributed by atoms with Crippen LogP contribution in [0.3, 0.4) is 0 Å². The van der Waals surface area contributed by atoms with Crippen molar-refractivity contribution in [2.45, 2.75) is 33.2 Å². The Morgan fingerprint density at radius 2 is 2.16 bits per heavy atom. The molecular formula is C15H23N3O. The zero-order valence-corrected chi connectivity index (χ0v) is 12.2. The maximum atomic E-state index is 12.6. The van der Waals surface area contributed by atoms with E-state index in [0.717, 1.165) is 12.4 Å². The molecule has 0 radical (unpaired) electrons. The summed E-state index contributed by atoms with van der Waals surface area (Å²) in [6, 6.07) is 3.91. The van der Waals surface area contributed by atoms with E-state index in [0.29, 0.717) is 23.4 Å². The molecule has 3 atom stereocenters. The molecule has 104 valence electrons. The number of likely N-dealkylation sites (tertiary alicyclic amines) is 1. The average molecular weight is 261 g/mol. The zero-order chi connectivity index (χ0) is 14.0. The molecule has 1 aliphatic heterocycles. The topological polar surface area (TPSA) is 45.2 Å². The van der Waals surface area contributed by atoms with Gasteiger partial charge in [0.1, 0.15) is 5.82 Å². The molecule has 1 aliphatic rings. The van der Waals surface area contributed by atoms with Gasteiger partial charge in [-0.05, 0) is 37.3 Å². The highest BCUT2D eigenvalue weighted by Gasteiger charge is 2.32. The van der Waals surface area contributed by atoms with Crippen LogP contribution in [0.2, 0.25) is 0 Å². The summed E-state index contributed by atoms with van der Waals surface area (Å²) >= 11 is 0. The molecule has 0 spiro atoms. The molecule has 0 aliphatic carbocycles. The second-order valence-electron chi connectivity index (χ2n) is 5.70. The van der Waals surface area contributed by atoms with Crippen molar-refractivity contribution in [2.75, 3.05) is 18.9 Å². The molecule has 2 rings (SSSR count). The summed E-state index contributed by atoms with van der Waals surface area (Å²) in [4.78, 5) is 18.8. The van der Waals surface area contributed by atoms with E-state index in [2.05, 4.69) is 31.1 Å². The van der Waals surface area contributed by atoms with Crippen LogP contribution in [-0.4, -0.2) is 35.4 Å². The summed E-state index contributed by atoms with van der Waals surface area (Å²) in [5.74, 6) is 1.97. The number of rotatable bonds is 2. The van der Waals surface area contributed by atoms with Crippen LogP contribution in [0.5, 0.6) is 0 Å². The first-order valence-corrected chi connectivity index (χ1v) is 6.97. The first-order chi connectivity index (χ1) is 9.02. The van der Waals surface area contributed by atoms with Gasteiger partial charge in [-0.15, -0.1) is 0 Å². The smallest absolute Gasteiger partial charge is 0.254 e. The Kier molecular flexibility index (Phi) is 4.08. The van der Waals surface area contributed by atoms with Gasteiger partial charge in [0.25, 0.3) is 5.91 Å². The van der Waals surface area contributed by atoms with Crippen molar-refractivity contribution < 1.29 is 4.79 Å². The molecular weight excluding hydrogens is 238 g/mol. The van der Waals surface area contributed by atoms with Crippen LogP contribution < -0.4 is 5.32 Å². The molecule has 4 heteroatoms. The molecule has 1 saturated heterocycles. The van der Waals surface area contributed by atoms with Crippen molar-refractivity contribution >= 4 is 11.7 Å². The number of nitrogens with one attached hydrogen (secondary N) is 1. The Labute approximate surface area is 115 Å². The Hall–Kier alpha value is -1.58. The van der Waals surface area contributed by atoms with Crippen molar-refractivity contribution in [3.05, 3.63) is 23.9 Å². The van der Waals surface area contributed by atoms with E-state index >= 15 is 0 Å². The van der Waals surface area contributed by atoms with Gasteiger partial charge >= 0.3 is 0 Å². The molecule has 3 unspecified atom stereocenters. The zero-order valence-electron chi connectivity index (χ0n) is 12.2. The van der Waals surface area contributed by atoms with Crippen LogP contribution in [0, 0.1) is 11.8 Å². The van der Waals surface area contributed by atoms with Crippen LogP contribution >= 0.6 is 0 Å². The van der Waals surface area contributed by atoms with Crippen LogP contribution in [-0.2, 0) is 0 Å². The molecule has 2 heterocycles. The van der Waals surface area contributed by atoms with E-state index in [1.54, 1.807) is 12.3 Å². The summed E-state index contributed by atoms with van der Waals surface area (Å²) in [5.41, 5.74) is 0.715. The minimum absolute atomic E-state index is 0.116. The maximum Gasteiger partial charge on any atom is 0.254 e. The molecule has 1 aromatic heterocycles. The van der Waals surface area contributed by atoms with Gasteiger partial charge in [-0.2, -0.15) is 0 Å². The molecule has 0 bridgehead atoms. The number of hydrogen-bond acceptors (Lipinski definition) is 3. The average Bonchev–Trinajstić information content (AvgIpc) is 2.42. The summed E-state index contributed by atoms with van der Waals surface area (Å²) in [7, 11) is 1.81. The third-order valence-corrected chi connectivity index (χ3v) is 4.12. The minimum atomic E-state index is 0.116. The van der Waals surface area contributed by atoms with Gasteiger partial charge in [0.05, 0.1) is 0 Å². The van der Waals surface area contributed by atoms with E-state index < -0.39 is 0 Å². The second-order valence-corrected chi connectivity index (χ2v) is 5.70. The number of piperidine rings is 1. The first-order valence-electron chi connectivity index (χ1n) is 6.97. The van der Waals surface area contributed by atoms with Gasteiger partial charge in [0, 0.05) is 31.4 Å². The fraction of sp³-hybridized carbons (Fsp3) is 0.600. The number of nitrogens with zero attached hydrogens (tertiary/aromatic N) is 2. The highest BCUT2D eigenvalue weighted by molar-refractivity contribution is 5.95. The Balaban J connectivity index is 2.22. The fourth-order valence-corrected chi connectivity index (χ4v) is 2.85. The molecule has 1 N–H and O–H groups in total. The van der Waals surface area contributed by atoms with Crippen LogP contribution in [0.1, 0.15) is 37.6 Å². The van der Waals surface area contributed by atoms with Gasteiger partial charge < -0.3 is 10.2 Å². The van der Waals surface area contributed by atoms with E-state index in [4.69, 9.17) is 0 Å². The minimum Gasteiger partial charge on any atom is -0.373 e. The molecule has 1 aromatic rings. The summed E-state index contributed by atoms with van der Waals surface area (Å²) < 4.78 is 0. The van der Waals surface area contributed by atoms with Crippen LogP contribution in [0.4, 0.5) is 5.82 Å². The lowest BCUT2D eigenvalue weighted by Gasteiger charge is -2.41. The number of aromatic nitrogens is 1. The highest BCUT2D eigenvalue weighted by Crippen LogP contribution is 2.28. The van der Waals surface area contributed by atoms with Crippen LogP contribution in [0.15, 0.2) is 18.3 Å². The number of anilines is 1. The largest absolute Gasteiger partial charge is 0.373 e. The van der Waals surface area contributed by atoms with Crippen molar-refractivity contribution in [3.8, 4) is 0 Å². The predicted octanol–water partition coefficient (Wildman–Crippen LogP) is 2.63. The maximum absolute atomic E-state index is 12.6. The lowest BCUT2D eigenvalue weighted by Crippen LogP contribution is -2.48. The normalized spacial score (nSPS) is 27.2. The Bertz CT molecular complexity index is 460. The Morgan fingerprint density at radius 3 is 2.84 bits per heavy atom. The number of hydrogen-bond donors (Lipinski definition) is 1. The molecule has 0 aromatic carbocycles. The lowest BCUT2D eigenvalue weighted by atomic mass is 9.85. The first kappa shape index (κ1) is 13.8. The van der Waals surface area contributed by atoms with E-state index in [9.17, 15) is 4.79 Å². The van der Waals surface area contributed by atoms with Crippen molar-refractivity contribution in [1.82, 2.24) is 9.88 Å². The second kappa shape index (κ2) is 5.59.